The topological polar surface area (TPSA) is 104 Å². The monoisotopic (exact) mass is 435 g/mol. The molecule has 3 aromatic heterocycles. The minimum Gasteiger partial charge on any atom is -0.480 e. The SMILES string of the molecule is Cc1cn2c3c(=O)n(Cc4ccc(Cl)cc4Cl)c(=O)n(C)c3nc2n1CC(=O)O. The second kappa shape index (κ2) is 6.78. The van der Waals surface area contributed by atoms with Gasteiger partial charge in [-0.2, -0.15) is 4.98 Å². The highest BCUT2D eigenvalue weighted by Crippen LogP contribution is 2.21. The van der Waals surface area contributed by atoms with Crippen molar-refractivity contribution in [1.82, 2.24) is 23.1 Å². The van der Waals surface area contributed by atoms with Gasteiger partial charge in [0.1, 0.15) is 6.54 Å². The molecule has 0 spiro atoms. The molecule has 150 valence electrons. The molecule has 0 atom stereocenters. The van der Waals surface area contributed by atoms with Gasteiger partial charge in [-0.1, -0.05) is 29.3 Å². The van der Waals surface area contributed by atoms with Crippen LogP contribution in [0.15, 0.2) is 34.0 Å². The maximum atomic E-state index is 13.2. The lowest BCUT2D eigenvalue weighted by atomic mass is 10.2. The van der Waals surface area contributed by atoms with E-state index in [4.69, 9.17) is 28.3 Å². The van der Waals surface area contributed by atoms with E-state index >= 15 is 0 Å². The Morgan fingerprint density at radius 2 is 1.93 bits per heavy atom. The molecule has 0 saturated carbocycles. The highest BCUT2D eigenvalue weighted by molar-refractivity contribution is 6.35. The molecule has 1 aromatic carbocycles. The van der Waals surface area contributed by atoms with E-state index in [2.05, 4.69) is 4.98 Å². The van der Waals surface area contributed by atoms with Crippen molar-refractivity contribution >= 4 is 46.1 Å². The average molecular weight is 436 g/mol. The van der Waals surface area contributed by atoms with Crippen LogP contribution in [0.2, 0.25) is 10.0 Å². The third-order valence-corrected chi connectivity index (χ3v) is 5.36. The first kappa shape index (κ1) is 19.3. The predicted molar refractivity (Wildman–Crippen MR) is 108 cm³/mol. The fourth-order valence-corrected chi connectivity index (χ4v) is 3.81. The molecule has 0 aliphatic rings. The van der Waals surface area contributed by atoms with Crippen LogP contribution >= 0.6 is 23.2 Å². The second-order valence-electron chi connectivity index (χ2n) is 6.67. The van der Waals surface area contributed by atoms with Gasteiger partial charge in [0.05, 0.1) is 6.54 Å². The number of aliphatic carboxylic acids is 1. The minimum absolute atomic E-state index is 0.0422. The minimum atomic E-state index is -1.04. The van der Waals surface area contributed by atoms with E-state index in [0.717, 1.165) is 4.57 Å². The molecule has 0 saturated heterocycles. The van der Waals surface area contributed by atoms with Gasteiger partial charge in [-0.3, -0.25) is 23.1 Å². The quantitative estimate of drug-likeness (QED) is 0.527. The zero-order valence-corrected chi connectivity index (χ0v) is 16.9. The van der Waals surface area contributed by atoms with Crippen molar-refractivity contribution in [3.05, 3.63) is 66.5 Å². The first-order valence-corrected chi connectivity index (χ1v) is 9.28. The van der Waals surface area contributed by atoms with Crippen molar-refractivity contribution in [2.45, 2.75) is 20.0 Å². The lowest BCUT2D eigenvalue weighted by molar-refractivity contribution is -0.137. The summed E-state index contributed by atoms with van der Waals surface area (Å²) >= 11 is 12.1. The van der Waals surface area contributed by atoms with E-state index in [-0.39, 0.29) is 30.0 Å². The fraction of sp³-hybridized carbons (Fsp3) is 0.222. The molecule has 0 aliphatic carbocycles. The van der Waals surface area contributed by atoms with Crippen molar-refractivity contribution in [3.8, 4) is 0 Å². The molecule has 29 heavy (non-hydrogen) atoms. The number of halogens is 2. The molecular formula is C18H15Cl2N5O4. The molecule has 4 rings (SSSR count). The molecule has 0 fully saturated rings. The van der Waals surface area contributed by atoms with Gasteiger partial charge in [0, 0.05) is 29.0 Å². The fourth-order valence-electron chi connectivity index (χ4n) is 3.35. The van der Waals surface area contributed by atoms with Crippen LogP contribution in [-0.4, -0.2) is 34.2 Å². The van der Waals surface area contributed by atoms with E-state index in [9.17, 15) is 14.4 Å². The van der Waals surface area contributed by atoms with E-state index in [1.807, 2.05) is 0 Å². The summed E-state index contributed by atoms with van der Waals surface area (Å²) in [5.41, 5.74) is 0.434. The third-order valence-electron chi connectivity index (χ3n) is 4.78. The largest absolute Gasteiger partial charge is 0.480 e. The van der Waals surface area contributed by atoms with Gasteiger partial charge in [-0.25, -0.2) is 4.79 Å². The van der Waals surface area contributed by atoms with Gasteiger partial charge in [0.15, 0.2) is 11.2 Å². The van der Waals surface area contributed by atoms with E-state index in [0.29, 0.717) is 21.3 Å². The van der Waals surface area contributed by atoms with Crippen LogP contribution in [0, 0.1) is 6.92 Å². The summed E-state index contributed by atoms with van der Waals surface area (Å²) in [5.74, 6) is -0.767. The van der Waals surface area contributed by atoms with Gasteiger partial charge in [-0.15, -0.1) is 0 Å². The lowest BCUT2D eigenvalue weighted by Crippen LogP contribution is -2.39. The molecule has 1 N–H and O–H groups in total. The number of hydrogen-bond donors (Lipinski definition) is 1. The third kappa shape index (κ3) is 3.02. The standard InChI is InChI=1S/C18H15Cl2N5O4/c1-9-6-24-14-15(21-17(24)23(9)8-13(26)27)22(2)18(29)25(16(14)28)7-10-3-4-11(19)5-12(10)20/h3-6H,7-8H2,1-2H3,(H,26,27). The molecule has 0 amide bonds. The molecule has 4 aromatic rings. The summed E-state index contributed by atoms with van der Waals surface area (Å²) in [5, 5.41) is 9.94. The molecule has 0 unspecified atom stereocenters. The lowest BCUT2D eigenvalue weighted by Gasteiger charge is -2.09. The summed E-state index contributed by atoms with van der Waals surface area (Å²) in [6.07, 6.45) is 1.62. The molecule has 3 heterocycles. The smallest absolute Gasteiger partial charge is 0.332 e. The van der Waals surface area contributed by atoms with Crippen molar-refractivity contribution in [1.29, 1.82) is 0 Å². The number of aryl methyl sites for hydroxylation is 2. The van der Waals surface area contributed by atoms with Crippen LogP contribution in [-0.2, 0) is 24.9 Å². The van der Waals surface area contributed by atoms with E-state index in [1.165, 1.54) is 20.6 Å². The zero-order valence-electron chi connectivity index (χ0n) is 15.4. The summed E-state index contributed by atoms with van der Waals surface area (Å²) in [6.45, 7) is 1.37. The number of carboxylic acids is 1. The van der Waals surface area contributed by atoms with Crippen LogP contribution < -0.4 is 11.2 Å². The Morgan fingerprint density at radius 3 is 2.59 bits per heavy atom. The maximum Gasteiger partial charge on any atom is 0.332 e. The van der Waals surface area contributed by atoms with Gasteiger partial charge < -0.3 is 9.67 Å². The molecule has 11 heteroatoms. The summed E-state index contributed by atoms with van der Waals surface area (Å²) in [7, 11) is 1.50. The van der Waals surface area contributed by atoms with E-state index < -0.39 is 17.2 Å². The number of imidazole rings is 2. The van der Waals surface area contributed by atoms with E-state index in [1.54, 1.807) is 31.3 Å². The predicted octanol–water partition coefficient (Wildman–Crippen LogP) is 1.90. The Labute approximate surface area is 172 Å². The summed E-state index contributed by atoms with van der Waals surface area (Å²) in [6, 6.07) is 4.82. The maximum absolute atomic E-state index is 13.2. The number of aromatic nitrogens is 5. The number of carbonyl (C=O) groups is 1. The zero-order chi connectivity index (χ0) is 21.0. The van der Waals surface area contributed by atoms with Crippen LogP contribution in [0.5, 0.6) is 0 Å². The van der Waals surface area contributed by atoms with Crippen LogP contribution in [0.1, 0.15) is 11.3 Å². The van der Waals surface area contributed by atoms with Gasteiger partial charge >= 0.3 is 11.7 Å². The normalized spacial score (nSPS) is 11.6. The molecular weight excluding hydrogens is 421 g/mol. The highest BCUT2D eigenvalue weighted by Gasteiger charge is 2.21. The Balaban J connectivity index is 2.00. The average Bonchev–Trinajstić information content (AvgIpc) is 3.15. The van der Waals surface area contributed by atoms with Gasteiger partial charge in [0.25, 0.3) is 5.56 Å². The van der Waals surface area contributed by atoms with Crippen LogP contribution in [0.3, 0.4) is 0 Å². The van der Waals surface area contributed by atoms with Crippen molar-refractivity contribution < 1.29 is 9.90 Å². The van der Waals surface area contributed by atoms with Gasteiger partial charge in [-0.05, 0) is 24.6 Å². The number of carboxylic acid groups (broad SMARTS) is 1. The molecule has 0 radical (unpaired) electrons. The first-order chi connectivity index (χ1) is 13.7. The first-order valence-electron chi connectivity index (χ1n) is 8.52. The van der Waals surface area contributed by atoms with Crippen LogP contribution in [0.25, 0.3) is 16.9 Å². The van der Waals surface area contributed by atoms with Crippen molar-refractivity contribution in [3.63, 3.8) is 0 Å². The molecule has 9 nitrogen and oxygen atoms in total. The van der Waals surface area contributed by atoms with Crippen LogP contribution in [0.4, 0.5) is 0 Å². The number of benzene rings is 1. The highest BCUT2D eigenvalue weighted by atomic mass is 35.5. The Bertz CT molecular complexity index is 1430. The van der Waals surface area contributed by atoms with Crippen molar-refractivity contribution in [2.75, 3.05) is 0 Å². The number of nitrogens with zero attached hydrogens (tertiary/aromatic N) is 5. The summed E-state index contributed by atoms with van der Waals surface area (Å²) < 4.78 is 5.30. The Morgan fingerprint density at radius 1 is 1.21 bits per heavy atom. The number of fused-ring (bicyclic) bond motifs is 3. The number of hydrogen-bond acceptors (Lipinski definition) is 4. The Kier molecular flexibility index (Phi) is 4.51. The number of rotatable bonds is 4. The van der Waals surface area contributed by atoms with Gasteiger partial charge in [0.2, 0.25) is 5.78 Å². The molecule has 0 bridgehead atoms. The Hall–Kier alpha value is -3.04. The van der Waals surface area contributed by atoms with Crippen molar-refractivity contribution in [2.24, 2.45) is 7.05 Å². The molecule has 0 aliphatic heterocycles. The second-order valence-corrected chi connectivity index (χ2v) is 7.52. The summed E-state index contributed by atoms with van der Waals surface area (Å²) in [4.78, 5) is 41.6.